The summed E-state index contributed by atoms with van der Waals surface area (Å²) >= 11 is 4.83. The molecule has 7 heteroatoms. The number of pyridine rings is 1. The average Bonchev–Trinajstić information content (AvgIpc) is 2.41. The zero-order valence-electron chi connectivity index (χ0n) is 10.7. The highest BCUT2D eigenvalue weighted by molar-refractivity contribution is 7.92. The van der Waals surface area contributed by atoms with E-state index in [0.717, 1.165) is 0 Å². The van der Waals surface area contributed by atoms with E-state index in [2.05, 4.69) is 9.71 Å². The van der Waals surface area contributed by atoms with Crippen molar-refractivity contribution in [2.45, 2.75) is 11.8 Å². The fraction of sp³-hybridized carbons (Fsp3) is 0.0769. The van der Waals surface area contributed by atoms with Gasteiger partial charge in [0.2, 0.25) is 0 Å². The molecular weight excluding hydrogens is 294 g/mol. The third kappa shape index (κ3) is 3.12. The van der Waals surface area contributed by atoms with Crippen LogP contribution in [-0.4, -0.2) is 18.4 Å². The smallest absolute Gasteiger partial charge is 0.261 e. The van der Waals surface area contributed by atoms with E-state index in [0.29, 0.717) is 16.9 Å². The van der Waals surface area contributed by atoms with E-state index in [9.17, 15) is 8.42 Å². The van der Waals surface area contributed by atoms with E-state index in [1.807, 2.05) is 0 Å². The molecule has 3 N–H and O–H groups in total. The number of hydrogen-bond acceptors (Lipinski definition) is 4. The zero-order chi connectivity index (χ0) is 14.8. The summed E-state index contributed by atoms with van der Waals surface area (Å²) in [5.41, 5.74) is 7.15. The lowest BCUT2D eigenvalue weighted by atomic mass is 10.2. The number of nitrogens with two attached hydrogens (primary N) is 1. The number of benzene rings is 1. The van der Waals surface area contributed by atoms with Crippen molar-refractivity contribution >= 4 is 32.9 Å². The molecule has 2 rings (SSSR count). The van der Waals surface area contributed by atoms with Crippen molar-refractivity contribution in [2.24, 2.45) is 5.73 Å². The van der Waals surface area contributed by atoms with Crippen molar-refractivity contribution in [2.75, 3.05) is 4.72 Å². The second kappa shape index (κ2) is 5.56. The number of aryl methyl sites for hydroxylation is 1. The van der Waals surface area contributed by atoms with Gasteiger partial charge in [-0.15, -0.1) is 0 Å². The van der Waals surface area contributed by atoms with Crippen molar-refractivity contribution in [1.82, 2.24) is 4.98 Å². The van der Waals surface area contributed by atoms with Crippen LogP contribution in [0.3, 0.4) is 0 Å². The van der Waals surface area contributed by atoms with E-state index in [1.54, 1.807) is 37.4 Å². The normalized spacial score (nSPS) is 11.1. The largest absolute Gasteiger partial charge is 0.389 e. The van der Waals surface area contributed by atoms with Crippen LogP contribution in [0.1, 0.15) is 11.3 Å². The predicted octanol–water partition coefficient (Wildman–Crippen LogP) is 1.83. The molecule has 0 saturated carbocycles. The van der Waals surface area contributed by atoms with E-state index in [4.69, 9.17) is 18.0 Å². The van der Waals surface area contributed by atoms with Gasteiger partial charge in [-0.1, -0.05) is 24.4 Å². The van der Waals surface area contributed by atoms with Crippen LogP contribution in [0.25, 0.3) is 0 Å². The van der Waals surface area contributed by atoms with Gasteiger partial charge in [-0.05, 0) is 31.2 Å². The SMILES string of the molecule is Cc1ncccc1NS(=O)(=O)c1ccc(C(N)=S)cc1. The maximum Gasteiger partial charge on any atom is 0.261 e. The molecule has 1 aromatic carbocycles. The maximum absolute atomic E-state index is 12.2. The molecular formula is C13H13N3O2S2. The first-order valence-corrected chi connectivity index (χ1v) is 7.63. The maximum atomic E-state index is 12.2. The summed E-state index contributed by atoms with van der Waals surface area (Å²) < 4.78 is 27.0. The third-order valence-electron chi connectivity index (χ3n) is 2.70. The van der Waals surface area contributed by atoms with E-state index >= 15 is 0 Å². The standard InChI is InChI=1S/C13H13N3O2S2/c1-9-12(3-2-8-15-9)16-20(17,18)11-6-4-10(5-7-11)13(14)19/h2-8,16H,1H3,(H2,14,19). The molecule has 0 aliphatic carbocycles. The molecule has 0 saturated heterocycles. The summed E-state index contributed by atoms with van der Waals surface area (Å²) in [7, 11) is -3.65. The zero-order valence-corrected chi connectivity index (χ0v) is 12.3. The molecule has 0 radical (unpaired) electrons. The highest BCUT2D eigenvalue weighted by atomic mass is 32.2. The number of nitrogens with zero attached hydrogens (tertiary/aromatic N) is 1. The van der Waals surface area contributed by atoms with Crippen LogP contribution in [0.15, 0.2) is 47.5 Å². The van der Waals surface area contributed by atoms with E-state index in [-0.39, 0.29) is 9.88 Å². The Bertz CT molecular complexity index is 740. The molecule has 104 valence electrons. The second-order valence-electron chi connectivity index (χ2n) is 4.13. The molecule has 0 atom stereocenters. The summed E-state index contributed by atoms with van der Waals surface area (Å²) in [6.45, 7) is 1.73. The quantitative estimate of drug-likeness (QED) is 0.842. The van der Waals surface area contributed by atoms with Crippen molar-refractivity contribution in [3.05, 3.63) is 53.9 Å². The van der Waals surface area contributed by atoms with Gasteiger partial charge in [-0.25, -0.2) is 8.42 Å². The van der Waals surface area contributed by atoms with Gasteiger partial charge in [0.15, 0.2) is 0 Å². The van der Waals surface area contributed by atoms with E-state index in [1.165, 1.54) is 12.1 Å². The lowest BCUT2D eigenvalue weighted by Crippen LogP contribution is -2.15. The number of rotatable bonds is 4. The number of anilines is 1. The first-order chi connectivity index (χ1) is 9.40. The summed E-state index contributed by atoms with van der Waals surface area (Å²) in [6, 6.07) is 9.40. The number of nitrogens with one attached hydrogen (secondary N) is 1. The Morgan fingerprint density at radius 2 is 1.90 bits per heavy atom. The topological polar surface area (TPSA) is 85.1 Å². The molecule has 2 aromatic rings. The Hall–Kier alpha value is -1.99. The fourth-order valence-electron chi connectivity index (χ4n) is 1.59. The molecule has 0 aliphatic heterocycles. The average molecular weight is 307 g/mol. The minimum absolute atomic E-state index is 0.140. The van der Waals surface area contributed by atoms with Gasteiger partial charge in [-0.3, -0.25) is 9.71 Å². The highest BCUT2D eigenvalue weighted by Gasteiger charge is 2.15. The summed E-state index contributed by atoms with van der Waals surface area (Å²) in [5.74, 6) is 0. The van der Waals surface area contributed by atoms with Gasteiger partial charge >= 0.3 is 0 Å². The molecule has 0 fully saturated rings. The summed E-state index contributed by atoms with van der Waals surface area (Å²) in [6.07, 6.45) is 1.60. The lowest BCUT2D eigenvalue weighted by Gasteiger charge is -2.10. The minimum Gasteiger partial charge on any atom is -0.389 e. The van der Waals surface area contributed by atoms with Crippen LogP contribution in [0.4, 0.5) is 5.69 Å². The van der Waals surface area contributed by atoms with Crippen LogP contribution < -0.4 is 10.5 Å². The molecule has 0 spiro atoms. The molecule has 1 aromatic heterocycles. The van der Waals surface area contributed by atoms with Crippen LogP contribution in [0, 0.1) is 6.92 Å². The van der Waals surface area contributed by atoms with Gasteiger partial charge in [0.1, 0.15) is 4.99 Å². The number of sulfonamides is 1. The lowest BCUT2D eigenvalue weighted by molar-refractivity contribution is 0.601. The Morgan fingerprint density at radius 1 is 1.25 bits per heavy atom. The summed E-state index contributed by atoms with van der Waals surface area (Å²) in [5, 5.41) is 0. The van der Waals surface area contributed by atoms with Crippen LogP contribution in [0.5, 0.6) is 0 Å². The number of aromatic nitrogens is 1. The van der Waals surface area contributed by atoms with Gasteiger partial charge in [0.05, 0.1) is 16.3 Å². The Morgan fingerprint density at radius 3 is 2.45 bits per heavy atom. The monoisotopic (exact) mass is 307 g/mol. The van der Waals surface area contributed by atoms with Crippen molar-refractivity contribution in [3.8, 4) is 0 Å². The molecule has 0 aliphatic rings. The molecule has 0 amide bonds. The van der Waals surface area contributed by atoms with Gasteiger partial charge in [0.25, 0.3) is 10.0 Å². The third-order valence-corrected chi connectivity index (χ3v) is 4.32. The van der Waals surface area contributed by atoms with E-state index < -0.39 is 10.0 Å². The van der Waals surface area contributed by atoms with Crippen LogP contribution in [0.2, 0.25) is 0 Å². The second-order valence-corrected chi connectivity index (χ2v) is 6.25. The van der Waals surface area contributed by atoms with Crippen molar-refractivity contribution in [1.29, 1.82) is 0 Å². The summed E-state index contributed by atoms with van der Waals surface area (Å²) in [4.78, 5) is 4.40. The minimum atomic E-state index is -3.65. The van der Waals surface area contributed by atoms with Crippen molar-refractivity contribution < 1.29 is 8.42 Å². The Balaban J connectivity index is 2.31. The van der Waals surface area contributed by atoms with Crippen LogP contribution >= 0.6 is 12.2 Å². The van der Waals surface area contributed by atoms with Gasteiger partial charge in [0, 0.05) is 11.8 Å². The fourth-order valence-corrected chi connectivity index (χ4v) is 2.85. The number of thiocarbonyl (C=S) groups is 1. The van der Waals surface area contributed by atoms with Gasteiger partial charge < -0.3 is 5.73 Å². The Labute approximate surface area is 122 Å². The van der Waals surface area contributed by atoms with Crippen molar-refractivity contribution in [3.63, 3.8) is 0 Å². The highest BCUT2D eigenvalue weighted by Crippen LogP contribution is 2.18. The molecule has 5 nitrogen and oxygen atoms in total. The first kappa shape index (κ1) is 14.4. The number of hydrogen-bond donors (Lipinski definition) is 2. The molecule has 0 bridgehead atoms. The van der Waals surface area contributed by atoms with Gasteiger partial charge in [-0.2, -0.15) is 0 Å². The molecule has 20 heavy (non-hydrogen) atoms. The first-order valence-electron chi connectivity index (χ1n) is 5.74. The molecule has 1 heterocycles. The Kier molecular flexibility index (Phi) is 4.01. The predicted molar refractivity (Wildman–Crippen MR) is 82.1 cm³/mol. The molecule has 0 unspecified atom stereocenters. The van der Waals surface area contributed by atoms with Crippen LogP contribution in [-0.2, 0) is 10.0 Å².